The van der Waals surface area contributed by atoms with Crippen molar-refractivity contribution in [2.24, 2.45) is 0 Å². The van der Waals surface area contributed by atoms with E-state index in [9.17, 15) is 5.11 Å². The third-order valence-electron chi connectivity index (χ3n) is 3.62. The standard InChI is InChI=1S/C14H30N2O/c1-3-7-14(17)11-16-12(2)10-13-8-5-4-6-9-15-13/h12-17H,3-11H2,1-2H3. The minimum absolute atomic E-state index is 0.176. The topological polar surface area (TPSA) is 44.3 Å². The van der Waals surface area contributed by atoms with Crippen LogP contribution in [0.1, 0.15) is 58.8 Å². The van der Waals surface area contributed by atoms with Crippen LogP contribution in [0.15, 0.2) is 0 Å². The van der Waals surface area contributed by atoms with Gasteiger partial charge in [-0.15, -0.1) is 0 Å². The summed E-state index contributed by atoms with van der Waals surface area (Å²) in [7, 11) is 0. The maximum absolute atomic E-state index is 9.67. The van der Waals surface area contributed by atoms with Crippen molar-refractivity contribution < 1.29 is 5.11 Å². The molecule has 3 heteroatoms. The van der Waals surface area contributed by atoms with E-state index in [4.69, 9.17) is 0 Å². The summed E-state index contributed by atoms with van der Waals surface area (Å²) < 4.78 is 0. The fraction of sp³-hybridized carbons (Fsp3) is 1.00. The van der Waals surface area contributed by atoms with Gasteiger partial charge in [-0.1, -0.05) is 26.2 Å². The number of rotatable bonds is 7. The fourth-order valence-corrected chi connectivity index (χ4v) is 2.58. The molecule has 1 aliphatic heterocycles. The molecule has 0 amide bonds. The Bertz CT molecular complexity index is 179. The number of hydrogen-bond donors (Lipinski definition) is 3. The largest absolute Gasteiger partial charge is 0.392 e. The minimum Gasteiger partial charge on any atom is -0.392 e. The van der Waals surface area contributed by atoms with Crippen LogP contribution in [0.2, 0.25) is 0 Å². The smallest absolute Gasteiger partial charge is 0.0664 e. The first-order valence-electron chi connectivity index (χ1n) is 7.37. The summed E-state index contributed by atoms with van der Waals surface area (Å²) in [5, 5.41) is 16.7. The van der Waals surface area contributed by atoms with E-state index in [0.29, 0.717) is 12.1 Å². The van der Waals surface area contributed by atoms with Gasteiger partial charge in [-0.3, -0.25) is 0 Å². The molecule has 3 N–H and O–H groups in total. The Morgan fingerprint density at radius 2 is 2.18 bits per heavy atom. The molecule has 3 atom stereocenters. The van der Waals surface area contributed by atoms with Gasteiger partial charge in [-0.25, -0.2) is 0 Å². The van der Waals surface area contributed by atoms with Crippen molar-refractivity contribution in [3.05, 3.63) is 0 Å². The van der Waals surface area contributed by atoms with Crippen molar-refractivity contribution in [3.63, 3.8) is 0 Å². The lowest BCUT2D eigenvalue weighted by molar-refractivity contribution is 0.155. The van der Waals surface area contributed by atoms with Crippen molar-refractivity contribution in [1.29, 1.82) is 0 Å². The van der Waals surface area contributed by atoms with Crippen molar-refractivity contribution >= 4 is 0 Å². The average molecular weight is 242 g/mol. The molecule has 0 spiro atoms. The molecule has 0 aromatic heterocycles. The third-order valence-corrected chi connectivity index (χ3v) is 3.62. The summed E-state index contributed by atoms with van der Waals surface area (Å²) in [5.74, 6) is 0. The molecule has 0 aromatic carbocycles. The second kappa shape index (κ2) is 8.90. The molecule has 102 valence electrons. The molecule has 1 aliphatic rings. The zero-order valence-electron chi connectivity index (χ0n) is 11.5. The number of hydrogen-bond acceptors (Lipinski definition) is 3. The van der Waals surface area contributed by atoms with Crippen LogP contribution in [0.4, 0.5) is 0 Å². The Morgan fingerprint density at radius 1 is 1.35 bits per heavy atom. The lowest BCUT2D eigenvalue weighted by atomic mass is 10.0. The van der Waals surface area contributed by atoms with Crippen molar-refractivity contribution in [1.82, 2.24) is 10.6 Å². The van der Waals surface area contributed by atoms with Crippen LogP contribution >= 0.6 is 0 Å². The Hall–Kier alpha value is -0.120. The highest BCUT2D eigenvalue weighted by Crippen LogP contribution is 2.12. The first-order chi connectivity index (χ1) is 8.22. The molecular weight excluding hydrogens is 212 g/mol. The first kappa shape index (κ1) is 14.9. The van der Waals surface area contributed by atoms with E-state index < -0.39 is 0 Å². The van der Waals surface area contributed by atoms with Gasteiger partial charge in [0, 0.05) is 18.6 Å². The zero-order chi connectivity index (χ0) is 12.5. The second-order valence-corrected chi connectivity index (χ2v) is 5.49. The van der Waals surface area contributed by atoms with Crippen LogP contribution in [-0.4, -0.2) is 36.4 Å². The molecule has 0 saturated carbocycles. The van der Waals surface area contributed by atoms with E-state index in [1.807, 2.05) is 0 Å². The van der Waals surface area contributed by atoms with E-state index >= 15 is 0 Å². The molecule has 3 unspecified atom stereocenters. The van der Waals surface area contributed by atoms with Crippen molar-refractivity contribution in [2.45, 2.75) is 77.0 Å². The zero-order valence-corrected chi connectivity index (χ0v) is 11.5. The van der Waals surface area contributed by atoms with E-state index in [1.165, 1.54) is 38.6 Å². The average Bonchev–Trinajstić information content (AvgIpc) is 2.55. The van der Waals surface area contributed by atoms with Gasteiger partial charge in [0.15, 0.2) is 0 Å². The van der Waals surface area contributed by atoms with Gasteiger partial charge >= 0.3 is 0 Å². The molecule has 17 heavy (non-hydrogen) atoms. The van der Waals surface area contributed by atoms with Crippen LogP contribution in [0.3, 0.4) is 0 Å². The Morgan fingerprint density at radius 3 is 2.94 bits per heavy atom. The maximum atomic E-state index is 9.67. The van der Waals surface area contributed by atoms with Gasteiger partial charge in [0.1, 0.15) is 0 Å². The van der Waals surface area contributed by atoms with Gasteiger partial charge in [0.25, 0.3) is 0 Å². The van der Waals surface area contributed by atoms with Crippen LogP contribution < -0.4 is 10.6 Å². The van der Waals surface area contributed by atoms with Gasteiger partial charge in [0.05, 0.1) is 6.10 Å². The highest BCUT2D eigenvalue weighted by atomic mass is 16.3. The summed E-state index contributed by atoms with van der Waals surface area (Å²) in [6.45, 7) is 6.25. The van der Waals surface area contributed by atoms with Crippen LogP contribution in [0.25, 0.3) is 0 Å². The van der Waals surface area contributed by atoms with Crippen molar-refractivity contribution in [3.8, 4) is 0 Å². The Kier molecular flexibility index (Phi) is 7.82. The maximum Gasteiger partial charge on any atom is 0.0664 e. The number of aliphatic hydroxyl groups is 1. The molecule has 0 radical (unpaired) electrons. The van der Waals surface area contributed by atoms with Gasteiger partial charge in [0.2, 0.25) is 0 Å². The lowest BCUT2D eigenvalue weighted by Gasteiger charge is -2.22. The van der Waals surface area contributed by atoms with E-state index in [2.05, 4.69) is 24.5 Å². The van der Waals surface area contributed by atoms with Gasteiger partial charge in [-0.05, 0) is 39.2 Å². The molecular formula is C14H30N2O. The van der Waals surface area contributed by atoms with Crippen LogP contribution in [0, 0.1) is 0 Å². The minimum atomic E-state index is -0.176. The molecule has 0 aliphatic carbocycles. The quantitative estimate of drug-likeness (QED) is 0.640. The summed E-state index contributed by atoms with van der Waals surface area (Å²) in [5.41, 5.74) is 0. The normalized spacial score (nSPS) is 25.2. The fourth-order valence-electron chi connectivity index (χ4n) is 2.58. The van der Waals surface area contributed by atoms with Crippen LogP contribution in [0.5, 0.6) is 0 Å². The third kappa shape index (κ3) is 7.02. The number of aliphatic hydroxyl groups excluding tert-OH is 1. The van der Waals surface area contributed by atoms with E-state index in [0.717, 1.165) is 19.4 Å². The predicted molar refractivity (Wildman–Crippen MR) is 73.3 cm³/mol. The van der Waals surface area contributed by atoms with E-state index in [-0.39, 0.29) is 6.10 Å². The molecule has 1 rings (SSSR count). The molecule has 1 fully saturated rings. The summed E-state index contributed by atoms with van der Waals surface area (Å²) in [6, 6.07) is 1.17. The van der Waals surface area contributed by atoms with Crippen molar-refractivity contribution in [2.75, 3.05) is 13.1 Å². The predicted octanol–water partition coefficient (Wildman–Crippen LogP) is 2.05. The second-order valence-electron chi connectivity index (χ2n) is 5.49. The SMILES string of the molecule is CCCC(O)CNC(C)CC1CCCCCN1. The molecule has 0 bridgehead atoms. The van der Waals surface area contributed by atoms with E-state index in [1.54, 1.807) is 0 Å². The first-order valence-corrected chi connectivity index (χ1v) is 7.37. The Labute approximate surface area is 106 Å². The molecule has 1 heterocycles. The van der Waals surface area contributed by atoms with Gasteiger partial charge in [-0.2, -0.15) is 0 Å². The molecule has 1 saturated heterocycles. The van der Waals surface area contributed by atoms with Gasteiger partial charge < -0.3 is 15.7 Å². The summed E-state index contributed by atoms with van der Waals surface area (Å²) in [4.78, 5) is 0. The monoisotopic (exact) mass is 242 g/mol. The molecule has 3 nitrogen and oxygen atoms in total. The summed E-state index contributed by atoms with van der Waals surface area (Å²) in [6.07, 6.45) is 8.34. The molecule has 0 aromatic rings. The number of nitrogens with one attached hydrogen (secondary N) is 2. The van der Waals surface area contributed by atoms with Crippen LogP contribution in [-0.2, 0) is 0 Å². The Balaban J connectivity index is 2.12. The highest BCUT2D eigenvalue weighted by molar-refractivity contribution is 4.76. The highest BCUT2D eigenvalue weighted by Gasteiger charge is 2.15. The lowest BCUT2D eigenvalue weighted by Crippen LogP contribution is -2.39. The summed E-state index contributed by atoms with van der Waals surface area (Å²) >= 11 is 0.